The fourth-order valence-corrected chi connectivity index (χ4v) is 5.09. The predicted molar refractivity (Wildman–Crippen MR) is 166 cm³/mol. The molecular weight excluding hydrogens is 548 g/mol. The van der Waals surface area contributed by atoms with Crippen LogP contribution in [-0.4, -0.2) is 88.3 Å². The number of carbonyl (C=O) groups is 2. The Morgan fingerprint density at radius 2 is 1.72 bits per heavy atom. The van der Waals surface area contributed by atoms with E-state index in [4.69, 9.17) is 15.2 Å². The molecule has 12 nitrogen and oxygen atoms in total. The van der Waals surface area contributed by atoms with Crippen LogP contribution in [0.2, 0.25) is 0 Å². The molecule has 5 rings (SSSR count). The number of nitrogens with one attached hydrogen (secondary N) is 2. The van der Waals surface area contributed by atoms with E-state index in [1.165, 1.54) is 5.56 Å². The average molecular weight is 590 g/mol. The van der Waals surface area contributed by atoms with E-state index in [9.17, 15) is 9.59 Å². The number of amides is 2. The van der Waals surface area contributed by atoms with Gasteiger partial charge in [-0.3, -0.25) is 4.90 Å². The monoisotopic (exact) mass is 589 g/mol. The molecule has 228 valence electrons. The highest BCUT2D eigenvalue weighted by Gasteiger charge is 2.39. The van der Waals surface area contributed by atoms with Gasteiger partial charge >= 0.3 is 12.1 Å². The van der Waals surface area contributed by atoms with E-state index < -0.39 is 11.6 Å². The van der Waals surface area contributed by atoms with Crippen molar-refractivity contribution < 1.29 is 23.5 Å². The van der Waals surface area contributed by atoms with Crippen LogP contribution in [0.25, 0.3) is 5.57 Å². The van der Waals surface area contributed by atoms with Gasteiger partial charge in [0.2, 0.25) is 11.9 Å². The molecule has 0 spiro atoms. The van der Waals surface area contributed by atoms with Gasteiger partial charge < -0.3 is 25.8 Å². The SMILES string of the molecule is CC(C)(C)OC(=O)[N+]1(C)CCC=C(c2ccc(NC(=O)n3nc(Nc4ccc(CN5CCOCC5)cc4)nc3N)cc2)C1. The molecule has 3 aromatic rings. The van der Waals surface area contributed by atoms with Crippen LogP contribution in [0.5, 0.6) is 0 Å². The number of ether oxygens (including phenoxy) is 2. The molecule has 0 bridgehead atoms. The minimum atomic E-state index is -0.543. The number of benzene rings is 2. The predicted octanol–water partition coefficient (Wildman–Crippen LogP) is 4.69. The van der Waals surface area contributed by atoms with Crippen molar-refractivity contribution in [3.63, 3.8) is 0 Å². The lowest BCUT2D eigenvalue weighted by molar-refractivity contribution is -0.832. The fourth-order valence-electron chi connectivity index (χ4n) is 5.09. The Morgan fingerprint density at radius 3 is 2.40 bits per heavy atom. The van der Waals surface area contributed by atoms with Crippen LogP contribution in [0, 0.1) is 0 Å². The summed E-state index contributed by atoms with van der Waals surface area (Å²) in [5, 5.41) is 10.2. The topological polar surface area (TPSA) is 137 Å². The minimum Gasteiger partial charge on any atom is -0.414 e. The summed E-state index contributed by atoms with van der Waals surface area (Å²) in [7, 11) is 1.91. The van der Waals surface area contributed by atoms with Crippen LogP contribution < -0.4 is 16.4 Å². The van der Waals surface area contributed by atoms with Crippen molar-refractivity contribution in [1.29, 1.82) is 0 Å². The maximum Gasteiger partial charge on any atom is 0.516 e. The summed E-state index contributed by atoms with van der Waals surface area (Å²) in [4.78, 5) is 32.4. The number of likely N-dealkylation sites (N-methyl/N-ethyl adjacent to an activating group) is 1. The molecule has 0 saturated carbocycles. The first kappa shape index (κ1) is 30.2. The van der Waals surface area contributed by atoms with Crippen molar-refractivity contribution in [1.82, 2.24) is 19.7 Å². The van der Waals surface area contributed by atoms with Gasteiger partial charge in [0.1, 0.15) is 12.1 Å². The van der Waals surface area contributed by atoms with Crippen molar-refractivity contribution in [2.75, 3.05) is 62.8 Å². The van der Waals surface area contributed by atoms with Crippen LogP contribution in [0.4, 0.5) is 32.9 Å². The van der Waals surface area contributed by atoms with Gasteiger partial charge in [-0.25, -0.2) is 9.28 Å². The molecule has 2 aliphatic heterocycles. The maximum absolute atomic E-state index is 13.0. The third-order valence-electron chi connectivity index (χ3n) is 7.42. The molecule has 2 aliphatic rings. The second-order valence-corrected chi connectivity index (χ2v) is 12.2. The van der Waals surface area contributed by atoms with Crippen molar-refractivity contribution in [2.45, 2.75) is 39.3 Å². The summed E-state index contributed by atoms with van der Waals surface area (Å²) >= 11 is 0. The van der Waals surface area contributed by atoms with Crippen molar-refractivity contribution in [3.05, 3.63) is 65.7 Å². The molecule has 1 saturated heterocycles. The molecule has 0 aliphatic carbocycles. The van der Waals surface area contributed by atoms with E-state index in [1.54, 1.807) is 0 Å². The lowest BCUT2D eigenvalue weighted by Gasteiger charge is -2.35. The Morgan fingerprint density at radius 1 is 1.05 bits per heavy atom. The summed E-state index contributed by atoms with van der Waals surface area (Å²) in [6, 6.07) is 14.9. The number of aromatic nitrogens is 3. The summed E-state index contributed by atoms with van der Waals surface area (Å²) in [6.45, 7) is 11.1. The lowest BCUT2D eigenvalue weighted by Crippen LogP contribution is -2.54. The first-order valence-corrected chi connectivity index (χ1v) is 14.5. The zero-order valence-corrected chi connectivity index (χ0v) is 25.3. The second-order valence-electron chi connectivity index (χ2n) is 12.2. The van der Waals surface area contributed by atoms with Crippen molar-refractivity contribution in [2.24, 2.45) is 0 Å². The highest BCUT2D eigenvalue weighted by Crippen LogP contribution is 2.28. The molecule has 3 heterocycles. The van der Waals surface area contributed by atoms with Crippen LogP contribution in [0.15, 0.2) is 54.6 Å². The Balaban J connectivity index is 1.17. The van der Waals surface area contributed by atoms with E-state index in [2.05, 4.69) is 43.8 Å². The van der Waals surface area contributed by atoms with Gasteiger partial charge in [0, 0.05) is 43.0 Å². The highest BCUT2D eigenvalue weighted by atomic mass is 16.6. The molecule has 2 amide bonds. The molecule has 1 unspecified atom stereocenters. The number of nitrogens with two attached hydrogens (primary N) is 1. The molecular formula is C31H41N8O4+. The number of hydrogen-bond donors (Lipinski definition) is 3. The molecule has 1 aromatic heterocycles. The maximum atomic E-state index is 13.0. The number of hydrogen-bond acceptors (Lipinski definition) is 9. The van der Waals surface area contributed by atoms with Gasteiger partial charge in [-0.1, -0.05) is 30.3 Å². The van der Waals surface area contributed by atoms with Gasteiger partial charge in [-0.05, 0) is 56.2 Å². The quantitative estimate of drug-likeness (QED) is 0.350. The normalized spacial score (nSPS) is 19.4. The zero-order chi connectivity index (χ0) is 30.6. The Labute approximate surface area is 252 Å². The van der Waals surface area contributed by atoms with Gasteiger partial charge in [0.05, 0.1) is 26.8 Å². The van der Waals surface area contributed by atoms with Gasteiger partial charge in [-0.15, -0.1) is 9.78 Å². The van der Waals surface area contributed by atoms with E-state index in [-0.39, 0.29) is 22.5 Å². The fraction of sp³-hybridized carbons (Fsp3) is 0.419. The lowest BCUT2D eigenvalue weighted by atomic mass is 9.99. The van der Waals surface area contributed by atoms with E-state index in [0.717, 1.165) is 60.8 Å². The summed E-state index contributed by atoms with van der Waals surface area (Å²) in [6.07, 6.45) is 2.69. The van der Waals surface area contributed by atoms with Crippen molar-refractivity contribution in [3.8, 4) is 0 Å². The summed E-state index contributed by atoms with van der Waals surface area (Å²) in [5.41, 5.74) is 10.1. The Kier molecular flexibility index (Phi) is 8.81. The molecule has 2 aromatic carbocycles. The number of morpholine rings is 1. The smallest absolute Gasteiger partial charge is 0.414 e. The molecule has 4 N–H and O–H groups in total. The molecule has 0 radical (unpaired) electrons. The van der Waals surface area contributed by atoms with Crippen LogP contribution >= 0.6 is 0 Å². The summed E-state index contributed by atoms with van der Waals surface area (Å²) in [5.74, 6) is 0.187. The first-order valence-electron chi connectivity index (χ1n) is 14.5. The van der Waals surface area contributed by atoms with Gasteiger partial charge in [0.25, 0.3) is 0 Å². The Hall–Kier alpha value is -4.26. The van der Waals surface area contributed by atoms with Crippen LogP contribution in [0.1, 0.15) is 38.3 Å². The molecule has 1 atom stereocenters. The number of nitrogens with zero attached hydrogens (tertiary/aromatic N) is 5. The number of quaternary nitrogens is 1. The van der Waals surface area contributed by atoms with E-state index in [0.29, 0.717) is 18.8 Å². The van der Waals surface area contributed by atoms with Crippen LogP contribution in [0.3, 0.4) is 0 Å². The van der Waals surface area contributed by atoms with E-state index >= 15 is 0 Å². The van der Waals surface area contributed by atoms with Crippen molar-refractivity contribution >= 4 is 41.0 Å². The van der Waals surface area contributed by atoms with Crippen LogP contribution in [-0.2, 0) is 16.0 Å². The number of rotatable bonds is 6. The number of nitrogen functional groups attached to an aromatic ring is 1. The first-order chi connectivity index (χ1) is 20.5. The molecule has 1 fully saturated rings. The van der Waals surface area contributed by atoms with Gasteiger partial charge in [-0.2, -0.15) is 9.78 Å². The standard InChI is InChI=1S/C31H40N8O4/c1-31(2,3)43-30(41)39(4)17-5-6-24(21-39)23-9-13-26(14-10-23)34-29(40)38-27(32)35-28(36-38)33-25-11-7-22(8-12-25)20-37-15-18-42-19-16-37/h6-14H,5,15-21H2,1-4H3,(H3-,32,33,34,35,36,40)/p+1. The van der Waals surface area contributed by atoms with E-state index in [1.807, 2.05) is 64.2 Å². The number of carbonyl (C=O) groups excluding carboxylic acids is 2. The third-order valence-corrected chi connectivity index (χ3v) is 7.42. The Bertz CT molecular complexity index is 1470. The largest absolute Gasteiger partial charge is 0.516 e. The molecule has 12 heteroatoms. The summed E-state index contributed by atoms with van der Waals surface area (Å²) < 4.78 is 12.3. The second kappa shape index (κ2) is 12.5. The number of anilines is 4. The highest BCUT2D eigenvalue weighted by molar-refractivity contribution is 5.92. The third kappa shape index (κ3) is 7.78. The minimum absolute atomic E-state index is 0.0351. The zero-order valence-electron chi connectivity index (χ0n) is 25.3. The molecule has 43 heavy (non-hydrogen) atoms. The van der Waals surface area contributed by atoms with Gasteiger partial charge in [0.15, 0.2) is 0 Å². The average Bonchev–Trinajstić information content (AvgIpc) is 3.34.